The van der Waals surface area contributed by atoms with Crippen LogP contribution in [0.4, 0.5) is 0 Å². The zero-order chi connectivity index (χ0) is 21.7. The molecule has 2 aromatic heterocycles. The first-order chi connectivity index (χ1) is 15.7. The van der Waals surface area contributed by atoms with Crippen LogP contribution in [0, 0.1) is 5.92 Å². The summed E-state index contributed by atoms with van der Waals surface area (Å²) in [6.07, 6.45) is 6.20. The van der Waals surface area contributed by atoms with Gasteiger partial charge in [-0.05, 0) is 48.6 Å². The summed E-state index contributed by atoms with van der Waals surface area (Å²) in [5.41, 5.74) is 3.28. The zero-order valence-electron chi connectivity index (χ0n) is 18.7. The minimum Gasteiger partial charge on any atom is -0.381 e. The van der Waals surface area contributed by atoms with Crippen molar-refractivity contribution in [3.63, 3.8) is 0 Å². The van der Waals surface area contributed by atoms with E-state index in [2.05, 4.69) is 46.1 Å². The number of aromatic nitrogens is 4. The van der Waals surface area contributed by atoms with Crippen molar-refractivity contribution in [2.75, 3.05) is 26.3 Å². The Balaban J connectivity index is 1.22. The molecule has 2 atom stereocenters. The summed E-state index contributed by atoms with van der Waals surface area (Å²) in [7, 11) is 0. The van der Waals surface area contributed by atoms with Crippen molar-refractivity contribution in [3.8, 4) is 0 Å². The topological polar surface area (TPSA) is 75.5 Å². The first-order valence-corrected chi connectivity index (χ1v) is 12.0. The zero-order valence-corrected chi connectivity index (χ0v) is 18.7. The molecule has 3 fully saturated rings. The molecule has 3 aliphatic rings. The lowest BCUT2D eigenvalue weighted by atomic mass is 9.97. The number of nitrogens with one attached hydrogen (secondary N) is 1. The van der Waals surface area contributed by atoms with Gasteiger partial charge in [0.15, 0.2) is 5.52 Å². The van der Waals surface area contributed by atoms with Crippen LogP contribution in [-0.2, 0) is 11.3 Å². The third kappa shape index (κ3) is 3.77. The number of fused-ring (bicyclic) bond motifs is 1. The molecule has 2 unspecified atom stereocenters. The van der Waals surface area contributed by atoms with E-state index in [9.17, 15) is 4.79 Å². The van der Waals surface area contributed by atoms with Gasteiger partial charge in [0.2, 0.25) is 0 Å². The van der Waals surface area contributed by atoms with E-state index in [0.717, 1.165) is 63.3 Å². The predicted octanol–water partition coefficient (Wildman–Crippen LogP) is 3.42. The molecule has 168 valence electrons. The van der Waals surface area contributed by atoms with E-state index in [4.69, 9.17) is 9.84 Å². The molecule has 0 radical (unpaired) electrons. The van der Waals surface area contributed by atoms with E-state index >= 15 is 0 Å². The van der Waals surface area contributed by atoms with Gasteiger partial charge in [0.1, 0.15) is 11.6 Å². The summed E-state index contributed by atoms with van der Waals surface area (Å²) >= 11 is 0. The molecule has 1 aromatic carbocycles. The summed E-state index contributed by atoms with van der Waals surface area (Å²) in [4.78, 5) is 23.0. The number of ether oxygens (including phenoxy) is 1. The van der Waals surface area contributed by atoms with Crippen LogP contribution < -0.4 is 5.56 Å². The van der Waals surface area contributed by atoms with Crippen LogP contribution in [0.15, 0.2) is 35.3 Å². The number of likely N-dealkylation sites (tertiary alicyclic amines) is 1. The molecule has 6 rings (SSSR count). The van der Waals surface area contributed by atoms with Crippen LogP contribution in [0.25, 0.3) is 5.52 Å². The average molecular weight is 434 g/mol. The van der Waals surface area contributed by atoms with Crippen molar-refractivity contribution in [1.82, 2.24) is 24.5 Å². The standard InChI is InChI=1S/C25H31N5O2/c1-16-13-29(14-17-2-4-18(5-3-17)19-6-7-19)15-21(16)23-27-25(31)22-12-26-24(30(22)28-23)20-8-10-32-11-9-20/h2-5,12,16,19-21H,6-11,13-15H2,1H3,(H,27,28,31). The van der Waals surface area contributed by atoms with Crippen molar-refractivity contribution in [2.24, 2.45) is 5.92 Å². The molecular formula is C25H31N5O2. The Morgan fingerprint density at radius 3 is 2.59 bits per heavy atom. The minimum absolute atomic E-state index is 0.0953. The highest BCUT2D eigenvalue weighted by Gasteiger charge is 2.33. The molecule has 7 heteroatoms. The number of hydrogen-bond donors (Lipinski definition) is 1. The van der Waals surface area contributed by atoms with Crippen LogP contribution in [0.3, 0.4) is 0 Å². The molecule has 1 aliphatic carbocycles. The predicted molar refractivity (Wildman–Crippen MR) is 122 cm³/mol. The van der Waals surface area contributed by atoms with Gasteiger partial charge in [0.25, 0.3) is 5.56 Å². The largest absolute Gasteiger partial charge is 0.381 e. The van der Waals surface area contributed by atoms with Crippen LogP contribution in [-0.4, -0.2) is 50.8 Å². The summed E-state index contributed by atoms with van der Waals surface area (Å²) in [5, 5.41) is 4.91. The Hall–Kier alpha value is -2.51. The molecule has 1 N–H and O–H groups in total. The lowest BCUT2D eigenvalue weighted by Crippen LogP contribution is -2.24. The number of hydrogen-bond acceptors (Lipinski definition) is 5. The van der Waals surface area contributed by atoms with Crippen molar-refractivity contribution in [1.29, 1.82) is 0 Å². The SMILES string of the molecule is CC1CN(Cc2ccc(C3CC3)cc2)CC1c1nn2c(C3CCOCC3)ncc2c(=O)[nH]1. The highest BCUT2D eigenvalue weighted by Crippen LogP contribution is 2.40. The van der Waals surface area contributed by atoms with Crippen LogP contribution >= 0.6 is 0 Å². The van der Waals surface area contributed by atoms with E-state index in [1.807, 2.05) is 0 Å². The van der Waals surface area contributed by atoms with Gasteiger partial charge in [-0.25, -0.2) is 9.50 Å². The van der Waals surface area contributed by atoms with Crippen LogP contribution in [0.5, 0.6) is 0 Å². The van der Waals surface area contributed by atoms with Crippen molar-refractivity contribution in [2.45, 2.75) is 56.9 Å². The lowest BCUT2D eigenvalue weighted by molar-refractivity contribution is 0.0832. The summed E-state index contributed by atoms with van der Waals surface area (Å²) < 4.78 is 7.31. The first kappa shape index (κ1) is 20.1. The number of nitrogens with zero attached hydrogens (tertiary/aromatic N) is 4. The van der Waals surface area contributed by atoms with Crippen molar-refractivity contribution < 1.29 is 4.74 Å². The number of H-pyrrole nitrogens is 1. The fourth-order valence-electron chi connectivity index (χ4n) is 5.46. The molecule has 7 nitrogen and oxygen atoms in total. The number of imidazole rings is 1. The monoisotopic (exact) mass is 433 g/mol. The highest BCUT2D eigenvalue weighted by molar-refractivity contribution is 5.42. The Morgan fingerprint density at radius 1 is 1.06 bits per heavy atom. The van der Waals surface area contributed by atoms with E-state index in [1.165, 1.54) is 24.0 Å². The maximum atomic E-state index is 12.8. The fourth-order valence-corrected chi connectivity index (χ4v) is 5.46. The Labute approximate surface area is 187 Å². The van der Waals surface area contributed by atoms with E-state index in [1.54, 1.807) is 10.7 Å². The Bertz CT molecular complexity index is 1160. The first-order valence-electron chi connectivity index (χ1n) is 12.0. The van der Waals surface area contributed by atoms with Gasteiger partial charge in [0.05, 0.1) is 6.20 Å². The molecule has 3 aromatic rings. The summed E-state index contributed by atoms with van der Waals surface area (Å²) in [6.45, 7) is 6.60. The molecule has 1 saturated carbocycles. The smallest absolute Gasteiger partial charge is 0.276 e. The van der Waals surface area contributed by atoms with Gasteiger partial charge in [-0.1, -0.05) is 31.2 Å². The summed E-state index contributed by atoms with van der Waals surface area (Å²) in [5.74, 6) is 3.41. The molecule has 0 bridgehead atoms. The third-order valence-corrected chi connectivity index (χ3v) is 7.51. The molecule has 0 spiro atoms. The second kappa shape index (κ2) is 8.12. The third-order valence-electron chi connectivity index (χ3n) is 7.51. The maximum absolute atomic E-state index is 12.8. The summed E-state index contributed by atoms with van der Waals surface area (Å²) in [6, 6.07) is 9.16. The van der Waals surface area contributed by atoms with Gasteiger partial charge in [0, 0.05) is 44.7 Å². The number of aromatic amines is 1. The molecule has 2 saturated heterocycles. The molecular weight excluding hydrogens is 402 g/mol. The van der Waals surface area contributed by atoms with Gasteiger partial charge in [-0.3, -0.25) is 9.69 Å². The molecule has 4 heterocycles. The Morgan fingerprint density at radius 2 is 1.84 bits per heavy atom. The number of benzene rings is 1. The molecule has 2 aliphatic heterocycles. The van der Waals surface area contributed by atoms with Gasteiger partial charge < -0.3 is 9.72 Å². The van der Waals surface area contributed by atoms with Crippen molar-refractivity contribution in [3.05, 3.63) is 63.6 Å². The van der Waals surface area contributed by atoms with E-state index in [-0.39, 0.29) is 11.5 Å². The fraction of sp³-hybridized carbons (Fsp3) is 0.560. The maximum Gasteiger partial charge on any atom is 0.276 e. The number of rotatable bonds is 5. The average Bonchev–Trinajstić information content (AvgIpc) is 3.46. The van der Waals surface area contributed by atoms with Gasteiger partial charge in [-0.15, -0.1) is 0 Å². The lowest BCUT2D eigenvalue weighted by Gasteiger charge is -2.21. The van der Waals surface area contributed by atoms with Crippen LogP contribution in [0.2, 0.25) is 0 Å². The minimum atomic E-state index is -0.0953. The normalized spacial score (nSPS) is 25.0. The van der Waals surface area contributed by atoms with Crippen LogP contribution in [0.1, 0.15) is 73.1 Å². The van der Waals surface area contributed by atoms with Gasteiger partial charge in [-0.2, -0.15) is 5.10 Å². The highest BCUT2D eigenvalue weighted by atomic mass is 16.5. The van der Waals surface area contributed by atoms with E-state index in [0.29, 0.717) is 17.4 Å². The molecule has 32 heavy (non-hydrogen) atoms. The van der Waals surface area contributed by atoms with Crippen molar-refractivity contribution >= 4 is 5.52 Å². The Kier molecular flexibility index (Phi) is 5.11. The second-order valence-electron chi connectivity index (χ2n) is 9.93. The van der Waals surface area contributed by atoms with E-state index < -0.39 is 0 Å². The van der Waals surface area contributed by atoms with Gasteiger partial charge >= 0.3 is 0 Å². The molecule has 0 amide bonds. The quantitative estimate of drug-likeness (QED) is 0.667. The second-order valence-corrected chi connectivity index (χ2v) is 9.93.